The molecule has 1 fully saturated rings. The molecule has 1 aliphatic rings. The van der Waals surface area contributed by atoms with E-state index in [0.717, 1.165) is 29.9 Å². The lowest BCUT2D eigenvalue weighted by molar-refractivity contribution is 0.0795. The van der Waals surface area contributed by atoms with Gasteiger partial charge in [-0.1, -0.05) is 38.8 Å². The third-order valence-electron chi connectivity index (χ3n) is 5.42. The molecule has 6 nitrogen and oxygen atoms in total. The Kier molecular flexibility index (Phi) is 6.87. The second-order valence-corrected chi connectivity index (χ2v) is 7.97. The first-order valence-corrected chi connectivity index (χ1v) is 9.44. The fraction of sp³-hybridized carbons (Fsp3) is 0.789. The second kappa shape index (κ2) is 8.70. The Labute approximate surface area is 152 Å². The van der Waals surface area contributed by atoms with E-state index < -0.39 is 0 Å². The highest BCUT2D eigenvalue weighted by molar-refractivity contribution is 5.79. The van der Waals surface area contributed by atoms with E-state index in [1.807, 2.05) is 6.07 Å². The van der Waals surface area contributed by atoms with Crippen LogP contribution < -0.4 is 10.6 Å². The van der Waals surface area contributed by atoms with Crippen LogP contribution in [0.1, 0.15) is 63.8 Å². The molecular weight excluding hydrogens is 314 g/mol. The molecule has 2 atom stereocenters. The number of aromatic nitrogens is 1. The molecule has 0 bridgehead atoms. The zero-order valence-corrected chi connectivity index (χ0v) is 16.7. The lowest BCUT2D eigenvalue weighted by atomic mass is 9.75. The van der Waals surface area contributed by atoms with E-state index in [9.17, 15) is 0 Å². The average molecular weight is 350 g/mol. The number of likely N-dealkylation sites (N-methyl/N-ethyl adjacent to an activating group) is 1. The van der Waals surface area contributed by atoms with Crippen LogP contribution in [0.25, 0.3) is 0 Å². The Balaban J connectivity index is 1.90. The van der Waals surface area contributed by atoms with Gasteiger partial charge < -0.3 is 20.1 Å². The zero-order chi connectivity index (χ0) is 18.4. The van der Waals surface area contributed by atoms with Crippen LogP contribution in [0.3, 0.4) is 0 Å². The predicted molar refractivity (Wildman–Crippen MR) is 103 cm³/mol. The maximum Gasteiger partial charge on any atom is 0.191 e. The molecule has 0 spiro atoms. The van der Waals surface area contributed by atoms with Gasteiger partial charge in [-0.25, -0.2) is 0 Å². The Morgan fingerprint density at radius 3 is 2.76 bits per heavy atom. The quantitative estimate of drug-likeness (QED) is 0.610. The summed E-state index contributed by atoms with van der Waals surface area (Å²) in [4.78, 5) is 6.74. The van der Waals surface area contributed by atoms with Crippen molar-refractivity contribution < 1.29 is 4.52 Å². The molecule has 0 radical (unpaired) electrons. The zero-order valence-electron chi connectivity index (χ0n) is 16.7. The molecule has 6 heteroatoms. The van der Waals surface area contributed by atoms with Crippen LogP contribution >= 0.6 is 0 Å². The lowest BCUT2D eigenvalue weighted by Crippen LogP contribution is -2.56. The lowest BCUT2D eigenvalue weighted by Gasteiger charge is -2.45. The van der Waals surface area contributed by atoms with Gasteiger partial charge >= 0.3 is 0 Å². The Bertz CT molecular complexity index is 566. The summed E-state index contributed by atoms with van der Waals surface area (Å²) in [6.45, 7) is 8.08. The minimum atomic E-state index is 0.201. The molecular formula is C19H35N5O. The second-order valence-electron chi connectivity index (χ2n) is 7.97. The third kappa shape index (κ3) is 5.21. The predicted octanol–water partition coefficient (Wildman–Crippen LogP) is 2.97. The van der Waals surface area contributed by atoms with Crippen molar-refractivity contribution >= 4 is 5.96 Å². The molecule has 2 N–H and O–H groups in total. The van der Waals surface area contributed by atoms with Crippen molar-refractivity contribution in [2.75, 3.05) is 27.7 Å². The number of rotatable bonds is 6. The van der Waals surface area contributed by atoms with Gasteiger partial charge in [0.1, 0.15) is 0 Å². The third-order valence-corrected chi connectivity index (χ3v) is 5.42. The van der Waals surface area contributed by atoms with E-state index in [1.54, 1.807) is 7.05 Å². The minimum Gasteiger partial charge on any atom is -0.359 e. The van der Waals surface area contributed by atoms with Crippen LogP contribution in [-0.2, 0) is 6.54 Å². The SMILES string of the molecule is CN=C(NCc1cc(C(C)C)no1)NCC1(N(C)C)CCCC(C)C1. The number of guanidine groups is 1. The maximum atomic E-state index is 5.38. The van der Waals surface area contributed by atoms with Gasteiger partial charge in [0.2, 0.25) is 0 Å². The number of nitrogens with one attached hydrogen (secondary N) is 2. The molecule has 1 aromatic heterocycles. The van der Waals surface area contributed by atoms with Gasteiger partial charge in [-0.2, -0.15) is 0 Å². The van der Waals surface area contributed by atoms with Crippen LogP contribution in [0.5, 0.6) is 0 Å². The van der Waals surface area contributed by atoms with Crippen molar-refractivity contribution in [3.05, 3.63) is 17.5 Å². The first-order valence-electron chi connectivity index (χ1n) is 9.44. The highest BCUT2D eigenvalue weighted by atomic mass is 16.5. The van der Waals surface area contributed by atoms with Crippen molar-refractivity contribution in [2.24, 2.45) is 10.9 Å². The van der Waals surface area contributed by atoms with Crippen molar-refractivity contribution in [3.63, 3.8) is 0 Å². The topological polar surface area (TPSA) is 65.7 Å². The Hall–Kier alpha value is -1.56. The molecule has 0 amide bonds. The van der Waals surface area contributed by atoms with Crippen LogP contribution in [-0.4, -0.2) is 49.2 Å². The first-order chi connectivity index (χ1) is 11.9. The molecule has 0 saturated heterocycles. The summed E-state index contributed by atoms with van der Waals surface area (Å²) in [7, 11) is 6.19. The summed E-state index contributed by atoms with van der Waals surface area (Å²) in [5.74, 6) is 2.79. The number of hydrogen-bond donors (Lipinski definition) is 2. The molecule has 2 rings (SSSR count). The summed E-state index contributed by atoms with van der Waals surface area (Å²) in [5.41, 5.74) is 1.19. The summed E-state index contributed by atoms with van der Waals surface area (Å²) < 4.78 is 5.38. The van der Waals surface area contributed by atoms with Gasteiger partial charge in [0.05, 0.1) is 12.2 Å². The molecule has 2 unspecified atom stereocenters. The fourth-order valence-electron chi connectivity index (χ4n) is 3.68. The van der Waals surface area contributed by atoms with Gasteiger partial charge in [0, 0.05) is 25.2 Å². The average Bonchev–Trinajstić information content (AvgIpc) is 3.04. The van der Waals surface area contributed by atoms with Crippen LogP contribution in [0.4, 0.5) is 0 Å². The van der Waals surface area contributed by atoms with Crippen LogP contribution in [0.15, 0.2) is 15.6 Å². The van der Waals surface area contributed by atoms with Gasteiger partial charge in [-0.3, -0.25) is 4.99 Å². The monoisotopic (exact) mass is 349 g/mol. The summed E-state index contributed by atoms with van der Waals surface area (Å²) in [6.07, 6.45) is 5.09. The minimum absolute atomic E-state index is 0.201. The smallest absolute Gasteiger partial charge is 0.191 e. The van der Waals surface area contributed by atoms with E-state index in [-0.39, 0.29) is 5.54 Å². The van der Waals surface area contributed by atoms with Crippen molar-refractivity contribution in [2.45, 2.75) is 64.5 Å². The van der Waals surface area contributed by atoms with E-state index in [2.05, 4.69) is 60.5 Å². The standard InChI is InChI=1S/C19H35N5O/c1-14(2)17-10-16(25-23-17)12-21-18(20-4)22-13-19(24(5)6)9-7-8-15(3)11-19/h10,14-15H,7-9,11-13H2,1-6H3,(H2,20,21,22). The fourth-order valence-corrected chi connectivity index (χ4v) is 3.68. The maximum absolute atomic E-state index is 5.38. The van der Waals surface area contributed by atoms with E-state index in [1.165, 1.54) is 25.7 Å². The number of aliphatic imine (C=N–C) groups is 1. The first kappa shape index (κ1) is 19.8. The molecule has 142 valence electrons. The van der Waals surface area contributed by atoms with Crippen molar-refractivity contribution in [3.8, 4) is 0 Å². The molecule has 1 aliphatic carbocycles. The molecule has 25 heavy (non-hydrogen) atoms. The number of hydrogen-bond acceptors (Lipinski definition) is 4. The molecule has 0 aromatic carbocycles. The summed E-state index contributed by atoms with van der Waals surface area (Å²) >= 11 is 0. The molecule has 1 saturated carbocycles. The van der Waals surface area contributed by atoms with E-state index in [4.69, 9.17) is 4.52 Å². The van der Waals surface area contributed by atoms with Crippen LogP contribution in [0, 0.1) is 5.92 Å². The van der Waals surface area contributed by atoms with Gasteiger partial charge in [-0.15, -0.1) is 0 Å². The van der Waals surface area contributed by atoms with E-state index >= 15 is 0 Å². The Morgan fingerprint density at radius 2 is 2.20 bits per heavy atom. The molecule has 1 heterocycles. The highest BCUT2D eigenvalue weighted by Crippen LogP contribution is 2.35. The van der Waals surface area contributed by atoms with E-state index in [0.29, 0.717) is 12.5 Å². The largest absolute Gasteiger partial charge is 0.359 e. The van der Waals surface area contributed by atoms with Gasteiger partial charge in [0.15, 0.2) is 11.7 Å². The van der Waals surface area contributed by atoms with Gasteiger partial charge in [0.25, 0.3) is 0 Å². The Morgan fingerprint density at radius 1 is 1.44 bits per heavy atom. The van der Waals surface area contributed by atoms with Crippen molar-refractivity contribution in [1.29, 1.82) is 0 Å². The normalized spacial score (nSPS) is 24.8. The van der Waals surface area contributed by atoms with Gasteiger partial charge in [-0.05, 0) is 38.8 Å². The number of nitrogens with zero attached hydrogens (tertiary/aromatic N) is 3. The van der Waals surface area contributed by atoms with Crippen LogP contribution in [0.2, 0.25) is 0 Å². The highest BCUT2D eigenvalue weighted by Gasteiger charge is 2.36. The molecule has 1 aromatic rings. The van der Waals surface area contributed by atoms with Crippen molar-refractivity contribution in [1.82, 2.24) is 20.7 Å². The summed E-state index contributed by atoms with van der Waals surface area (Å²) in [5, 5.41) is 10.9. The molecule has 0 aliphatic heterocycles. The summed E-state index contributed by atoms with van der Waals surface area (Å²) in [6, 6.07) is 2.01.